The van der Waals surface area contributed by atoms with Gasteiger partial charge in [0.15, 0.2) is 5.96 Å². The van der Waals surface area contributed by atoms with Gasteiger partial charge in [0.25, 0.3) is 0 Å². The lowest BCUT2D eigenvalue weighted by atomic mass is 10.1. The van der Waals surface area contributed by atoms with Crippen LogP contribution in [-0.2, 0) is 6.42 Å². The lowest BCUT2D eigenvalue weighted by molar-refractivity contribution is 0.342. The summed E-state index contributed by atoms with van der Waals surface area (Å²) < 4.78 is 0. The molecule has 0 aliphatic carbocycles. The van der Waals surface area contributed by atoms with E-state index < -0.39 is 0 Å². The molecular formula is C19H33IN4. The first-order chi connectivity index (χ1) is 11.1. The van der Waals surface area contributed by atoms with Crippen LogP contribution in [0.5, 0.6) is 0 Å². The number of hydrogen-bond acceptors (Lipinski definition) is 2. The fourth-order valence-corrected chi connectivity index (χ4v) is 3.37. The van der Waals surface area contributed by atoms with Crippen molar-refractivity contribution < 1.29 is 0 Å². The van der Waals surface area contributed by atoms with E-state index in [0.717, 1.165) is 31.4 Å². The molecule has 0 bridgehead atoms. The van der Waals surface area contributed by atoms with Gasteiger partial charge in [-0.25, -0.2) is 0 Å². The molecule has 1 aliphatic rings. The first kappa shape index (κ1) is 21.2. The molecule has 1 fully saturated rings. The number of benzene rings is 1. The van der Waals surface area contributed by atoms with Crippen LogP contribution >= 0.6 is 24.0 Å². The minimum atomic E-state index is 0. The van der Waals surface area contributed by atoms with E-state index in [0.29, 0.717) is 0 Å². The van der Waals surface area contributed by atoms with Gasteiger partial charge in [-0.2, -0.15) is 0 Å². The van der Waals surface area contributed by atoms with Gasteiger partial charge in [-0.15, -0.1) is 24.0 Å². The maximum atomic E-state index is 4.34. The molecule has 24 heavy (non-hydrogen) atoms. The second-order valence-corrected chi connectivity index (χ2v) is 6.67. The van der Waals surface area contributed by atoms with E-state index in [1.807, 2.05) is 7.05 Å². The van der Waals surface area contributed by atoms with Gasteiger partial charge in [0.1, 0.15) is 0 Å². The maximum absolute atomic E-state index is 4.34. The summed E-state index contributed by atoms with van der Waals surface area (Å²) in [6.45, 7) is 12.1. The van der Waals surface area contributed by atoms with Gasteiger partial charge < -0.3 is 15.5 Å². The monoisotopic (exact) mass is 444 g/mol. The van der Waals surface area contributed by atoms with Crippen LogP contribution in [0.25, 0.3) is 0 Å². The molecule has 1 heterocycles. The number of halogens is 1. The van der Waals surface area contributed by atoms with Crippen LogP contribution in [-0.4, -0.2) is 50.6 Å². The first-order valence-corrected chi connectivity index (χ1v) is 8.84. The van der Waals surface area contributed by atoms with Gasteiger partial charge >= 0.3 is 0 Å². The average molecular weight is 444 g/mol. The summed E-state index contributed by atoms with van der Waals surface area (Å²) in [6.07, 6.45) is 2.32. The Labute approximate surface area is 164 Å². The third-order valence-electron chi connectivity index (χ3n) is 4.59. The van der Waals surface area contributed by atoms with Crippen molar-refractivity contribution in [2.75, 3.05) is 39.8 Å². The Kier molecular flexibility index (Phi) is 9.66. The zero-order chi connectivity index (χ0) is 16.7. The first-order valence-electron chi connectivity index (χ1n) is 8.84. The smallest absolute Gasteiger partial charge is 0.190 e. The molecule has 0 radical (unpaired) electrons. The number of guanidine groups is 1. The molecule has 0 spiro atoms. The normalized spacial score (nSPS) is 18.3. The average Bonchev–Trinajstić information content (AvgIpc) is 2.97. The molecule has 0 aromatic heterocycles. The van der Waals surface area contributed by atoms with Gasteiger partial charge in [-0.3, -0.25) is 4.99 Å². The van der Waals surface area contributed by atoms with Crippen LogP contribution < -0.4 is 10.6 Å². The molecule has 2 N–H and O–H groups in total. The number of likely N-dealkylation sites (tertiary alicyclic amines) is 1. The number of rotatable bonds is 6. The van der Waals surface area contributed by atoms with Gasteiger partial charge in [0.05, 0.1) is 0 Å². The lowest BCUT2D eigenvalue weighted by Crippen LogP contribution is -2.41. The summed E-state index contributed by atoms with van der Waals surface area (Å²) >= 11 is 0. The Morgan fingerprint density at radius 2 is 1.92 bits per heavy atom. The largest absolute Gasteiger partial charge is 0.356 e. The highest BCUT2D eigenvalue weighted by atomic mass is 127. The van der Waals surface area contributed by atoms with Crippen LogP contribution in [0.2, 0.25) is 0 Å². The topological polar surface area (TPSA) is 39.7 Å². The highest BCUT2D eigenvalue weighted by Gasteiger charge is 2.20. The zero-order valence-corrected chi connectivity index (χ0v) is 17.9. The summed E-state index contributed by atoms with van der Waals surface area (Å²) in [5.74, 6) is 1.66. The van der Waals surface area contributed by atoms with Gasteiger partial charge in [0.2, 0.25) is 0 Å². The van der Waals surface area contributed by atoms with E-state index in [2.05, 4.69) is 59.5 Å². The fraction of sp³-hybridized carbons (Fsp3) is 0.632. The summed E-state index contributed by atoms with van der Waals surface area (Å²) in [7, 11) is 1.85. The summed E-state index contributed by atoms with van der Waals surface area (Å²) in [5, 5.41) is 6.91. The Balaban J connectivity index is 0.00000288. The number of nitrogens with one attached hydrogen (secondary N) is 2. The van der Waals surface area contributed by atoms with Crippen molar-refractivity contribution in [3.8, 4) is 0 Å². The molecule has 0 amide bonds. The fourth-order valence-electron chi connectivity index (χ4n) is 3.37. The Bertz CT molecular complexity index is 510. The molecule has 1 aromatic carbocycles. The van der Waals surface area contributed by atoms with E-state index in [1.54, 1.807) is 0 Å². The number of aryl methyl sites for hydroxylation is 2. The molecule has 136 valence electrons. The quantitative estimate of drug-likeness (QED) is 0.403. The van der Waals surface area contributed by atoms with Crippen LogP contribution in [0.1, 0.15) is 30.0 Å². The Morgan fingerprint density at radius 3 is 2.50 bits per heavy atom. The van der Waals surface area contributed by atoms with Crippen molar-refractivity contribution in [2.24, 2.45) is 10.9 Å². The van der Waals surface area contributed by atoms with Crippen LogP contribution in [0.3, 0.4) is 0 Å². The standard InChI is InChI=1S/C19H32N4.HI/c1-5-23-9-7-18(14-23)13-22-19(20-4)21-8-6-17-11-15(2)10-16(3)12-17;/h10-12,18H,5-9,13-14H2,1-4H3,(H2,20,21,22);1H. The minimum absolute atomic E-state index is 0. The molecule has 1 atom stereocenters. The number of hydrogen-bond donors (Lipinski definition) is 2. The lowest BCUT2D eigenvalue weighted by Gasteiger charge is -2.16. The van der Waals surface area contributed by atoms with Crippen molar-refractivity contribution >= 4 is 29.9 Å². The number of nitrogens with zero attached hydrogens (tertiary/aromatic N) is 2. The molecule has 4 nitrogen and oxygen atoms in total. The maximum Gasteiger partial charge on any atom is 0.190 e. The van der Waals surface area contributed by atoms with Gasteiger partial charge in [-0.1, -0.05) is 36.2 Å². The summed E-state index contributed by atoms with van der Waals surface area (Å²) in [6, 6.07) is 6.75. The SMILES string of the molecule is CCN1CCC(CNC(=NC)NCCc2cc(C)cc(C)c2)C1.I. The predicted octanol–water partition coefficient (Wildman–Crippen LogP) is 2.97. The third-order valence-corrected chi connectivity index (χ3v) is 4.59. The molecule has 1 aliphatic heterocycles. The van der Waals surface area contributed by atoms with Crippen molar-refractivity contribution in [3.63, 3.8) is 0 Å². The van der Waals surface area contributed by atoms with E-state index in [-0.39, 0.29) is 24.0 Å². The zero-order valence-electron chi connectivity index (χ0n) is 15.6. The van der Waals surface area contributed by atoms with Crippen LogP contribution in [0.15, 0.2) is 23.2 Å². The van der Waals surface area contributed by atoms with E-state index in [1.165, 1.54) is 42.7 Å². The predicted molar refractivity (Wildman–Crippen MR) is 115 cm³/mol. The molecule has 2 rings (SSSR count). The van der Waals surface area contributed by atoms with Crippen molar-refractivity contribution in [3.05, 3.63) is 34.9 Å². The second kappa shape index (κ2) is 10.9. The van der Waals surface area contributed by atoms with Gasteiger partial charge in [0, 0.05) is 26.7 Å². The molecule has 0 saturated carbocycles. The van der Waals surface area contributed by atoms with E-state index >= 15 is 0 Å². The Morgan fingerprint density at radius 1 is 1.21 bits per heavy atom. The number of aliphatic imine (C=N–C) groups is 1. The molecule has 5 heteroatoms. The van der Waals surface area contributed by atoms with E-state index in [9.17, 15) is 0 Å². The summed E-state index contributed by atoms with van der Waals surface area (Å²) in [5.41, 5.74) is 4.06. The van der Waals surface area contributed by atoms with Crippen LogP contribution in [0, 0.1) is 19.8 Å². The summed E-state index contributed by atoms with van der Waals surface area (Å²) in [4.78, 5) is 6.85. The van der Waals surface area contributed by atoms with E-state index in [4.69, 9.17) is 0 Å². The highest BCUT2D eigenvalue weighted by Crippen LogP contribution is 2.14. The third kappa shape index (κ3) is 6.97. The van der Waals surface area contributed by atoms with Gasteiger partial charge in [-0.05, 0) is 51.3 Å². The molecular weight excluding hydrogens is 411 g/mol. The van der Waals surface area contributed by atoms with Crippen molar-refractivity contribution in [1.82, 2.24) is 15.5 Å². The molecule has 1 saturated heterocycles. The highest BCUT2D eigenvalue weighted by molar-refractivity contribution is 14.0. The minimum Gasteiger partial charge on any atom is -0.356 e. The van der Waals surface area contributed by atoms with Crippen molar-refractivity contribution in [2.45, 2.75) is 33.6 Å². The van der Waals surface area contributed by atoms with Crippen LogP contribution in [0.4, 0.5) is 0 Å². The Hall–Kier alpha value is -0.820. The molecule has 1 unspecified atom stereocenters. The molecule has 1 aromatic rings. The second-order valence-electron chi connectivity index (χ2n) is 6.67. The van der Waals surface area contributed by atoms with Crippen molar-refractivity contribution in [1.29, 1.82) is 0 Å².